The smallest absolute Gasteiger partial charge is 0.0534 e. The van der Waals surface area contributed by atoms with E-state index in [0.717, 1.165) is 19.0 Å². The highest BCUT2D eigenvalue weighted by Gasteiger charge is 2.33. The Labute approximate surface area is 110 Å². The van der Waals surface area contributed by atoms with Crippen molar-refractivity contribution in [2.75, 3.05) is 13.6 Å². The first kappa shape index (κ1) is 13.6. The van der Waals surface area contributed by atoms with Crippen LogP contribution in [0.4, 0.5) is 0 Å². The Hall–Kier alpha value is -0.870. The monoisotopic (exact) mass is 250 g/mol. The molecule has 0 aliphatic heterocycles. The molecule has 1 aliphatic rings. The molecule has 0 bridgehead atoms. The summed E-state index contributed by atoms with van der Waals surface area (Å²) in [6.07, 6.45) is 9.41. The van der Waals surface area contributed by atoms with Gasteiger partial charge in [-0.3, -0.25) is 9.58 Å². The van der Waals surface area contributed by atoms with Gasteiger partial charge in [-0.15, -0.1) is 0 Å². The molecule has 0 spiro atoms. The Kier molecular flexibility index (Phi) is 4.07. The fourth-order valence-electron chi connectivity index (χ4n) is 2.73. The Morgan fingerprint density at radius 1 is 1.56 bits per heavy atom. The summed E-state index contributed by atoms with van der Waals surface area (Å²) in [5, 5.41) is 4.22. The number of nitrogens with two attached hydrogens (primary N) is 1. The minimum atomic E-state index is 0.112. The van der Waals surface area contributed by atoms with Crippen LogP contribution in [0.5, 0.6) is 0 Å². The van der Waals surface area contributed by atoms with Crippen molar-refractivity contribution in [3.63, 3.8) is 0 Å². The van der Waals surface area contributed by atoms with Crippen molar-refractivity contribution in [3.8, 4) is 0 Å². The number of hydrogen-bond donors (Lipinski definition) is 1. The maximum Gasteiger partial charge on any atom is 0.0534 e. The summed E-state index contributed by atoms with van der Waals surface area (Å²) in [4.78, 5) is 2.39. The molecule has 4 nitrogen and oxygen atoms in total. The van der Waals surface area contributed by atoms with Crippen LogP contribution in [0, 0.1) is 5.92 Å². The number of nitrogens with zero attached hydrogens (tertiary/aromatic N) is 3. The fraction of sp³-hybridized carbons (Fsp3) is 0.786. The topological polar surface area (TPSA) is 47.1 Å². The summed E-state index contributed by atoms with van der Waals surface area (Å²) < 4.78 is 1.86. The van der Waals surface area contributed by atoms with Crippen LogP contribution in [0.15, 0.2) is 12.4 Å². The highest BCUT2D eigenvalue weighted by molar-refractivity contribution is 5.05. The second-order valence-corrected chi connectivity index (χ2v) is 6.08. The van der Waals surface area contributed by atoms with Gasteiger partial charge in [0, 0.05) is 37.4 Å². The third-order valence-corrected chi connectivity index (χ3v) is 4.49. The highest BCUT2D eigenvalue weighted by Crippen LogP contribution is 2.35. The van der Waals surface area contributed by atoms with E-state index in [9.17, 15) is 0 Å². The van der Waals surface area contributed by atoms with Crippen molar-refractivity contribution in [2.24, 2.45) is 18.7 Å². The van der Waals surface area contributed by atoms with E-state index in [4.69, 9.17) is 5.73 Å². The highest BCUT2D eigenvalue weighted by atomic mass is 15.2. The van der Waals surface area contributed by atoms with Crippen LogP contribution in [0.2, 0.25) is 0 Å². The van der Waals surface area contributed by atoms with Crippen molar-refractivity contribution in [1.29, 1.82) is 0 Å². The first-order valence-electron chi connectivity index (χ1n) is 6.92. The second kappa shape index (κ2) is 5.41. The number of likely N-dealkylation sites (N-methyl/N-ethyl adjacent to an activating group) is 1. The SMILES string of the molecule is CN(Cc1cnn(C)c1)C(C)(CN)CC1CCC1. The van der Waals surface area contributed by atoms with Gasteiger partial charge in [-0.05, 0) is 26.3 Å². The minimum absolute atomic E-state index is 0.112. The first-order valence-corrected chi connectivity index (χ1v) is 6.92. The van der Waals surface area contributed by atoms with E-state index in [2.05, 4.69) is 30.2 Å². The van der Waals surface area contributed by atoms with Crippen LogP contribution in [-0.4, -0.2) is 33.8 Å². The molecule has 1 atom stereocenters. The quantitative estimate of drug-likeness (QED) is 0.837. The lowest BCUT2D eigenvalue weighted by atomic mass is 9.76. The lowest BCUT2D eigenvalue weighted by molar-refractivity contribution is 0.0856. The van der Waals surface area contributed by atoms with Gasteiger partial charge < -0.3 is 5.73 Å². The van der Waals surface area contributed by atoms with Crippen LogP contribution < -0.4 is 5.73 Å². The lowest BCUT2D eigenvalue weighted by Crippen LogP contribution is -2.51. The normalized spacial score (nSPS) is 19.8. The third kappa shape index (κ3) is 2.93. The third-order valence-electron chi connectivity index (χ3n) is 4.49. The predicted octanol–water partition coefficient (Wildman–Crippen LogP) is 1.76. The number of aromatic nitrogens is 2. The van der Waals surface area contributed by atoms with Crippen LogP contribution in [0.3, 0.4) is 0 Å². The van der Waals surface area contributed by atoms with Crippen LogP contribution in [-0.2, 0) is 13.6 Å². The molecule has 2 N–H and O–H groups in total. The van der Waals surface area contributed by atoms with E-state index in [1.807, 2.05) is 17.9 Å². The van der Waals surface area contributed by atoms with Gasteiger partial charge >= 0.3 is 0 Å². The maximum atomic E-state index is 6.03. The van der Waals surface area contributed by atoms with Gasteiger partial charge in [-0.2, -0.15) is 5.10 Å². The van der Waals surface area contributed by atoms with Crippen molar-refractivity contribution in [3.05, 3.63) is 18.0 Å². The molecule has 4 heteroatoms. The zero-order valence-electron chi connectivity index (χ0n) is 11.9. The molecular formula is C14H26N4. The van der Waals surface area contributed by atoms with Crippen LogP contribution in [0.1, 0.15) is 38.2 Å². The van der Waals surface area contributed by atoms with Crippen molar-refractivity contribution < 1.29 is 0 Å². The summed E-state index contributed by atoms with van der Waals surface area (Å²) in [5.41, 5.74) is 7.40. The number of hydrogen-bond acceptors (Lipinski definition) is 3. The number of aryl methyl sites for hydroxylation is 1. The van der Waals surface area contributed by atoms with Crippen molar-refractivity contribution in [1.82, 2.24) is 14.7 Å². The molecule has 1 aliphatic carbocycles. The van der Waals surface area contributed by atoms with Gasteiger partial charge in [-0.25, -0.2) is 0 Å². The van der Waals surface area contributed by atoms with Gasteiger partial charge in [0.1, 0.15) is 0 Å². The van der Waals surface area contributed by atoms with E-state index >= 15 is 0 Å². The van der Waals surface area contributed by atoms with Crippen molar-refractivity contribution >= 4 is 0 Å². The molecule has 0 saturated heterocycles. The molecule has 102 valence electrons. The summed E-state index contributed by atoms with van der Waals surface area (Å²) in [5.74, 6) is 0.884. The molecule has 2 rings (SSSR count). The average Bonchev–Trinajstić information content (AvgIpc) is 2.69. The van der Waals surface area contributed by atoms with Crippen LogP contribution in [0.25, 0.3) is 0 Å². The zero-order chi connectivity index (χ0) is 13.2. The molecule has 0 aromatic carbocycles. The molecule has 0 amide bonds. The summed E-state index contributed by atoms with van der Waals surface area (Å²) in [6.45, 7) is 3.94. The van der Waals surface area contributed by atoms with E-state index < -0.39 is 0 Å². The lowest BCUT2D eigenvalue weighted by Gasteiger charge is -2.42. The van der Waals surface area contributed by atoms with Gasteiger partial charge in [-0.1, -0.05) is 19.3 Å². The van der Waals surface area contributed by atoms with E-state index in [-0.39, 0.29) is 5.54 Å². The predicted molar refractivity (Wildman–Crippen MR) is 74.1 cm³/mol. The molecule has 1 unspecified atom stereocenters. The van der Waals surface area contributed by atoms with Gasteiger partial charge in [0.25, 0.3) is 0 Å². The van der Waals surface area contributed by atoms with Gasteiger partial charge in [0.15, 0.2) is 0 Å². The maximum absolute atomic E-state index is 6.03. The Balaban J connectivity index is 1.96. The Bertz CT molecular complexity index is 383. The van der Waals surface area contributed by atoms with Gasteiger partial charge in [0.2, 0.25) is 0 Å². The summed E-state index contributed by atoms with van der Waals surface area (Å²) >= 11 is 0. The van der Waals surface area contributed by atoms with Gasteiger partial charge in [0.05, 0.1) is 6.20 Å². The fourth-order valence-corrected chi connectivity index (χ4v) is 2.73. The zero-order valence-corrected chi connectivity index (χ0v) is 11.9. The Morgan fingerprint density at radius 3 is 2.72 bits per heavy atom. The molecule has 1 heterocycles. The van der Waals surface area contributed by atoms with E-state index in [1.165, 1.54) is 31.2 Å². The molecule has 0 radical (unpaired) electrons. The summed E-state index contributed by atoms with van der Waals surface area (Å²) in [7, 11) is 4.14. The number of rotatable bonds is 6. The molecule has 1 fully saturated rings. The average molecular weight is 250 g/mol. The molecule has 1 aromatic rings. The largest absolute Gasteiger partial charge is 0.329 e. The molecule has 1 aromatic heterocycles. The van der Waals surface area contributed by atoms with E-state index in [0.29, 0.717) is 0 Å². The molecule has 1 saturated carbocycles. The molecule has 18 heavy (non-hydrogen) atoms. The molecular weight excluding hydrogens is 224 g/mol. The summed E-state index contributed by atoms with van der Waals surface area (Å²) in [6, 6.07) is 0. The van der Waals surface area contributed by atoms with E-state index in [1.54, 1.807) is 0 Å². The van der Waals surface area contributed by atoms with Crippen LogP contribution >= 0.6 is 0 Å². The van der Waals surface area contributed by atoms with Crippen molar-refractivity contribution in [2.45, 2.75) is 44.7 Å². The Morgan fingerprint density at radius 2 is 2.28 bits per heavy atom. The first-order chi connectivity index (χ1) is 8.53. The minimum Gasteiger partial charge on any atom is -0.329 e. The second-order valence-electron chi connectivity index (χ2n) is 6.08. The standard InChI is InChI=1S/C14H26N4/c1-14(11-15,7-12-5-4-6-12)17(2)9-13-8-16-18(3)10-13/h8,10,12H,4-7,9,11,15H2,1-3H3.